The second kappa shape index (κ2) is 8.57. The summed E-state index contributed by atoms with van der Waals surface area (Å²) in [4.78, 5) is 15.8. The number of nitrogens with zero attached hydrogens (tertiary/aromatic N) is 2. The number of alkyl halides is 3. The average molecular weight is 473 g/mol. The van der Waals surface area contributed by atoms with Crippen molar-refractivity contribution >= 4 is 27.3 Å². The molecule has 2 heterocycles. The van der Waals surface area contributed by atoms with E-state index >= 15 is 0 Å². The lowest BCUT2D eigenvalue weighted by Crippen LogP contribution is -2.18. The van der Waals surface area contributed by atoms with Crippen LogP contribution in [0.4, 0.5) is 19.0 Å². The van der Waals surface area contributed by atoms with Crippen molar-refractivity contribution in [2.45, 2.75) is 24.9 Å². The van der Waals surface area contributed by atoms with E-state index in [4.69, 9.17) is 4.74 Å². The Morgan fingerprint density at radius 1 is 1.22 bits per heavy atom. The summed E-state index contributed by atoms with van der Waals surface area (Å²) >= 11 is 0. The van der Waals surface area contributed by atoms with Crippen molar-refractivity contribution in [3.8, 4) is 11.5 Å². The van der Waals surface area contributed by atoms with Gasteiger partial charge in [-0.05, 0) is 29.8 Å². The first-order valence-electron chi connectivity index (χ1n) is 9.10. The summed E-state index contributed by atoms with van der Waals surface area (Å²) in [5.74, 6) is -2.03. The number of anilines is 1. The molecule has 0 saturated carbocycles. The molecular formula is C19H18F3N3O6S. The number of carboxylic acids is 1. The van der Waals surface area contributed by atoms with Gasteiger partial charge in [-0.15, -0.1) is 13.2 Å². The van der Waals surface area contributed by atoms with Crippen LogP contribution >= 0.6 is 0 Å². The lowest BCUT2D eigenvalue weighted by atomic mass is 10.1. The number of hydrogen-bond acceptors (Lipinski definition) is 7. The van der Waals surface area contributed by atoms with E-state index in [-0.39, 0.29) is 28.7 Å². The first kappa shape index (κ1) is 23.2. The number of carboxylic acid groups (broad SMARTS) is 1. The number of fused-ring (bicyclic) bond motifs is 1. The van der Waals surface area contributed by atoms with Gasteiger partial charge in [-0.1, -0.05) is 13.0 Å². The summed E-state index contributed by atoms with van der Waals surface area (Å²) < 4.78 is 72.9. The van der Waals surface area contributed by atoms with Crippen molar-refractivity contribution < 1.29 is 41.0 Å². The first-order valence-corrected chi connectivity index (χ1v) is 10.7. The zero-order valence-corrected chi connectivity index (χ0v) is 17.6. The quantitative estimate of drug-likeness (QED) is 0.511. The molecule has 3 rings (SSSR count). The van der Waals surface area contributed by atoms with E-state index in [0.29, 0.717) is 11.4 Å². The maximum absolute atomic E-state index is 12.7. The highest BCUT2D eigenvalue weighted by Crippen LogP contribution is 2.28. The number of aromatic nitrogens is 2. The predicted octanol–water partition coefficient (Wildman–Crippen LogP) is 3.35. The van der Waals surface area contributed by atoms with Gasteiger partial charge in [0.25, 0.3) is 0 Å². The van der Waals surface area contributed by atoms with E-state index in [1.54, 1.807) is 12.1 Å². The van der Waals surface area contributed by atoms with E-state index in [1.165, 1.54) is 24.6 Å². The number of sulfone groups is 1. The molecule has 1 aromatic carbocycles. The van der Waals surface area contributed by atoms with Crippen molar-refractivity contribution in [1.82, 2.24) is 9.38 Å². The third kappa shape index (κ3) is 4.88. The number of nitrogens with one attached hydrogen (secondary N) is 1. The molecule has 0 spiro atoms. The van der Waals surface area contributed by atoms with Gasteiger partial charge in [0, 0.05) is 6.54 Å². The number of imidazole rings is 1. The van der Waals surface area contributed by atoms with Crippen LogP contribution in [0.1, 0.15) is 22.8 Å². The molecule has 0 amide bonds. The van der Waals surface area contributed by atoms with Crippen molar-refractivity contribution in [2.75, 3.05) is 18.2 Å². The predicted molar refractivity (Wildman–Crippen MR) is 107 cm³/mol. The molecule has 0 atom stereocenters. The smallest absolute Gasteiger partial charge is 0.495 e. The molecule has 32 heavy (non-hydrogen) atoms. The molecular weight excluding hydrogens is 455 g/mol. The number of halogens is 3. The Balaban J connectivity index is 2.00. The lowest BCUT2D eigenvalue weighted by molar-refractivity contribution is -0.274. The fourth-order valence-corrected chi connectivity index (χ4v) is 4.09. The summed E-state index contributed by atoms with van der Waals surface area (Å²) in [6, 6.07) is 5.99. The minimum atomic E-state index is -4.98. The number of carbonyl (C=O) groups is 1. The molecule has 2 N–H and O–H groups in total. The Morgan fingerprint density at radius 2 is 1.91 bits per heavy atom. The summed E-state index contributed by atoms with van der Waals surface area (Å²) in [7, 11) is -2.35. The van der Waals surface area contributed by atoms with Crippen LogP contribution in [0.3, 0.4) is 0 Å². The molecule has 0 aliphatic carbocycles. The third-order valence-corrected chi connectivity index (χ3v) is 6.19. The Bertz CT molecular complexity index is 1270. The summed E-state index contributed by atoms with van der Waals surface area (Å²) in [6.07, 6.45) is -3.53. The Morgan fingerprint density at radius 3 is 2.50 bits per heavy atom. The minimum absolute atomic E-state index is 0.0351. The molecule has 0 saturated heterocycles. The molecule has 0 radical (unpaired) electrons. The molecule has 0 bridgehead atoms. The van der Waals surface area contributed by atoms with Gasteiger partial charge in [0.05, 0.1) is 24.6 Å². The van der Waals surface area contributed by atoms with E-state index in [2.05, 4.69) is 15.0 Å². The van der Waals surface area contributed by atoms with Gasteiger partial charge in [0.1, 0.15) is 17.1 Å². The fraction of sp³-hybridized carbons (Fsp3) is 0.263. The number of pyridine rings is 1. The second-order valence-corrected chi connectivity index (χ2v) is 8.69. The number of ether oxygens (including phenoxy) is 2. The molecule has 0 fully saturated rings. The highest BCUT2D eigenvalue weighted by atomic mass is 32.2. The molecule has 2 aromatic heterocycles. The summed E-state index contributed by atoms with van der Waals surface area (Å²) in [6.45, 7) is 1.24. The van der Waals surface area contributed by atoms with Gasteiger partial charge in [-0.2, -0.15) is 0 Å². The van der Waals surface area contributed by atoms with E-state index in [1.807, 2.05) is 0 Å². The molecule has 172 valence electrons. The molecule has 0 unspecified atom stereocenters. The van der Waals surface area contributed by atoms with Gasteiger partial charge in [0.15, 0.2) is 20.7 Å². The van der Waals surface area contributed by atoms with Gasteiger partial charge in [-0.25, -0.2) is 18.2 Å². The molecule has 0 aliphatic heterocycles. The normalized spacial score (nSPS) is 12.0. The van der Waals surface area contributed by atoms with Crippen LogP contribution in [0.2, 0.25) is 0 Å². The monoisotopic (exact) mass is 473 g/mol. The topological polar surface area (TPSA) is 119 Å². The summed E-state index contributed by atoms with van der Waals surface area (Å²) in [5.41, 5.74) is -0.0428. The van der Waals surface area contributed by atoms with Crippen LogP contribution in [0, 0.1) is 0 Å². The number of rotatable bonds is 8. The average Bonchev–Trinajstić information content (AvgIpc) is 3.09. The SMILES string of the molecule is CCS(=O)(=O)c1c(NCc2ccc(OC(F)(F)F)cc2C(=O)O)nc2ccc(OC)cn12. The van der Waals surface area contributed by atoms with Gasteiger partial charge >= 0.3 is 12.3 Å². The van der Waals surface area contributed by atoms with E-state index < -0.39 is 33.5 Å². The second-order valence-electron chi connectivity index (χ2n) is 6.49. The highest BCUT2D eigenvalue weighted by Gasteiger charge is 2.31. The maximum atomic E-state index is 12.7. The number of methoxy groups -OCH3 is 1. The van der Waals surface area contributed by atoms with E-state index in [0.717, 1.165) is 18.2 Å². The van der Waals surface area contributed by atoms with Gasteiger partial charge in [-0.3, -0.25) is 4.40 Å². The molecule has 13 heteroatoms. The largest absolute Gasteiger partial charge is 0.573 e. The van der Waals surface area contributed by atoms with Crippen LogP contribution < -0.4 is 14.8 Å². The van der Waals surface area contributed by atoms with Crippen LogP contribution in [0.15, 0.2) is 41.6 Å². The summed E-state index contributed by atoms with van der Waals surface area (Å²) in [5, 5.41) is 12.0. The highest BCUT2D eigenvalue weighted by molar-refractivity contribution is 7.91. The van der Waals surface area contributed by atoms with Crippen molar-refractivity contribution in [3.05, 3.63) is 47.7 Å². The van der Waals surface area contributed by atoms with Gasteiger partial charge in [0.2, 0.25) is 0 Å². The molecule has 3 aromatic rings. The van der Waals surface area contributed by atoms with Crippen LogP contribution in [-0.4, -0.2) is 48.1 Å². The zero-order chi connectivity index (χ0) is 23.7. The number of aromatic carboxylic acids is 1. The van der Waals surface area contributed by atoms with Crippen LogP contribution in [-0.2, 0) is 16.4 Å². The van der Waals surface area contributed by atoms with Crippen molar-refractivity contribution in [2.24, 2.45) is 0 Å². The fourth-order valence-electron chi connectivity index (χ4n) is 2.96. The van der Waals surface area contributed by atoms with Crippen molar-refractivity contribution in [1.29, 1.82) is 0 Å². The van der Waals surface area contributed by atoms with Gasteiger partial charge < -0.3 is 19.9 Å². The molecule has 9 nitrogen and oxygen atoms in total. The zero-order valence-electron chi connectivity index (χ0n) is 16.8. The third-order valence-electron chi connectivity index (χ3n) is 4.45. The van der Waals surface area contributed by atoms with Crippen LogP contribution in [0.25, 0.3) is 5.65 Å². The Kier molecular flexibility index (Phi) is 6.21. The lowest BCUT2D eigenvalue weighted by Gasteiger charge is -2.13. The van der Waals surface area contributed by atoms with Crippen LogP contribution in [0.5, 0.6) is 11.5 Å². The molecule has 0 aliphatic rings. The first-order chi connectivity index (χ1) is 14.9. The Hall–Kier alpha value is -3.48. The van der Waals surface area contributed by atoms with Crippen molar-refractivity contribution in [3.63, 3.8) is 0 Å². The standard InChI is InChI=1S/C19H18F3N3O6S/c1-3-32(28,29)17-16(24-15-7-6-13(30-2)10-25(15)17)23-9-11-4-5-12(31-19(20,21)22)8-14(11)18(26)27/h4-8,10,23H,3,9H2,1-2H3,(H,26,27). The van der Waals surface area contributed by atoms with E-state index in [9.17, 15) is 31.5 Å². The number of benzene rings is 1. The number of hydrogen-bond donors (Lipinski definition) is 2. The maximum Gasteiger partial charge on any atom is 0.573 e. The minimum Gasteiger partial charge on any atom is -0.495 e. The Labute approximate surface area is 180 Å².